The number of benzene rings is 2. The molecule has 1 aliphatic carbocycles. The fourth-order valence-corrected chi connectivity index (χ4v) is 5.84. The Bertz CT molecular complexity index is 1210. The summed E-state index contributed by atoms with van der Waals surface area (Å²) in [4.78, 5) is 28.1. The molecule has 2 aromatic rings. The van der Waals surface area contributed by atoms with Crippen molar-refractivity contribution in [2.75, 3.05) is 11.4 Å². The molecule has 42 heavy (non-hydrogen) atoms. The number of carbonyl (C=O) groups excluding carboxylic acids is 1. The molecular weight excluding hydrogens is 531 g/mol. The molecule has 1 heterocycles. The van der Waals surface area contributed by atoms with E-state index in [9.17, 15) is 14.7 Å². The summed E-state index contributed by atoms with van der Waals surface area (Å²) in [6.07, 6.45) is 2.94. The predicted molar refractivity (Wildman–Crippen MR) is 166 cm³/mol. The summed E-state index contributed by atoms with van der Waals surface area (Å²) in [5, 5.41) is 13.5. The lowest BCUT2D eigenvalue weighted by molar-refractivity contribution is -0.147. The summed E-state index contributed by atoms with van der Waals surface area (Å²) >= 11 is 0. The van der Waals surface area contributed by atoms with Crippen LogP contribution in [-0.4, -0.2) is 53.2 Å². The Morgan fingerprint density at radius 3 is 2.07 bits per heavy atom. The summed E-state index contributed by atoms with van der Waals surface area (Å²) in [5.41, 5.74) is -0.0568. The molecule has 1 aliphatic heterocycles. The van der Waals surface area contributed by atoms with Gasteiger partial charge in [-0.25, -0.2) is 9.59 Å². The molecule has 1 saturated heterocycles. The highest BCUT2D eigenvalue weighted by Crippen LogP contribution is 2.38. The highest BCUT2D eigenvalue weighted by Gasteiger charge is 2.52. The molecule has 0 aromatic heterocycles. The first-order valence-corrected chi connectivity index (χ1v) is 15.1. The van der Waals surface area contributed by atoms with Gasteiger partial charge in [0.2, 0.25) is 0 Å². The zero-order valence-corrected chi connectivity index (χ0v) is 26.2. The third-order valence-corrected chi connectivity index (χ3v) is 8.93. The summed E-state index contributed by atoms with van der Waals surface area (Å²) < 4.78 is 18.0. The maximum atomic E-state index is 13.0. The van der Waals surface area contributed by atoms with E-state index >= 15 is 0 Å². The van der Waals surface area contributed by atoms with Gasteiger partial charge < -0.3 is 29.4 Å². The molecule has 8 nitrogen and oxygen atoms in total. The lowest BCUT2D eigenvalue weighted by atomic mass is 9.79. The number of hydrogen-bond donors (Lipinski definition) is 2. The Morgan fingerprint density at radius 1 is 0.976 bits per heavy atom. The first-order valence-electron chi connectivity index (χ1n) is 15.1. The van der Waals surface area contributed by atoms with Gasteiger partial charge in [-0.05, 0) is 96.8 Å². The van der Waals surface area contributed by atoms with Crippen molar-refractivity contribution in [2.24, 2.45) is 5.92 Å². The molecule has 2 aromatic carbocycles. The van der Waals surface area contributed by atoms with Crippen LogP contribution in [0.1, 0.15) is 86.1 Å². The number of alkyl carbamates (subject to hydrolysis) is 1. The number of hydrogen-bond acceptors (Lipinski definition) is 6. The number of aliphatic carboxylic acids is 1. The lowest BCUT2D eigenvalue weighted by Crippen LogP contribution is -2.60. The first kappa shape index (κ1) is 31.9. The smallest absolute Gasteiger partial charge is 0.479 e. The molecule has 9 heteroatoms. The van der Waals surface area contributed by atoms with E-state index in [4.69, 9.17) is 14.0 Å². The van der Waals surface area contributed by atoms with Gasteiger partial charge in [-0.1, -0.05) is 55.3 Å². The Morgan fingerprint density at radius 2 is 1.55 bits per heavy atom. The molecule has 2 N–H and O–H groups in total. The van der Waals surface area contributed by atoms with Crippen LogP contribution in [0, 0.1) is 5.92 Å². The van der Waals surface area contributed by atoms with Gasteiger partial charge in [0.1, 0.15) is 11.1 Å². The molecular formula is C33H47BN2O6. The fourth-order valence-electron chi connectivity index (χ4n) is 5.84. The molecule has 228 valence electrons. The normalized spacial score (nSPS) is 19.7. The molecule has 1 saturated carbocycles. The van der Waals surface area contributed by atoms with Crippen molar-refractivity contribution >= 4 is 30.3 Å². The molecule has 2 aliphatic rings. The van der Waals surface area contributed by atoms with Gasteiger partial charge in [0.15, 0.2) is 0 Å². The number of carbonyl (C=O) groups is 2. The topological polar surface area (TPSA) is 97.3 Å². The number of rotatable bonds is 10. The van der Waals surface area contributed by atoms with E-state index < -0.39 is 41.5 Å². The zero-order valence-electron chi connectivity index (χ0n) is 26.2. The van der Waals surface area contributed by atoms with Gasteiger partial charge in [0.05, 0.1) is 11.2 Å². The van der Waals surface area contributed by atoms with Crippen LogP contribution >= 0.6 is 0 Å². The van der Waals surface area contributed by atoms with Crippen LogP contribution < -0.4 is 15.7 Å². The van der Waals surface area contributed by atoms with E-state index in [2.05, 4.69) is 22.3 Å². The highest BCUT2D eigenvalue weighted by atomic mass is 16.7. The van der Waals surface area contributed by atoms with E-state index in [0.717, 1.165) is 42.4 Å². The SMILES string of the molecule is CC(C)(C)OC(=O)N[C@](CCN(Cc1ccccc1)c1ccc(B2OC(C)(C)C(C)(C)O2)cc1)(C(=O)O)C1CCCC1. The third kappa shape index (κ3) is 7.29. The van der Waals surface area contributed by atoms with Crippen molar-refractivity contribution in [3.63, 3.8) is 0 Å². The van der Waals surface area contributed by atoms with Crippen LogP contribution in [0.5, 0.6) is 0 Å². The maximum Gasteiger partial charge on any atom is 0.494 e. The third-order valence-electron chi connectivity index (χ3n) is 8.93. The Kier molecular flexibility index (Phi) is 9.33. The average Bonchev–Trinajstić information content (AvgIpc) is 3.51. The number of carboxylic acids is 1. The van der Waals surface area contributed by atoms with E-state index in [1.54, 1.807) is 20.8 Å². The fraction of sp³-hybridized carbons (Fsp3) is 0.576. The molecule has 0 radical (unpaired) electrons. The standard InChI is InChI=1S/C33H47BN2O6/c1-30(2,3)40-29(39)35-33(28(37)38,25-15-11-12-16-25)21-22-36(23-24-13-9-8-10-14-24)27-19-17-26(18-20-27)34-41-31(4,5)32(6,7)42-34/h8-10,13-14,17-20,25H,11-12,15-16,21-23H2,1-7H3,(H,35,39)(H,37,38)/t33-/m0/s1. The highest BCUT2D eigenvalue weighted by molar-refractivity contribution is 6.62. The number of nitrogens with zero attached hydrogens (tertiary/aromatic N) is 1. The van der Waals surface area contributed by atoms with E-state index in [0.29, 0.717) is 13.1 Å². The Labute approximate surface area is 251 Å². The second kappa shape index (κ2) is 12.3. The van der Waals surface area contributed by atoms with Crippen molar-refractivity contribution in [3.05, 3.63) is 60.2 Å². The van der Waals surface area contributed by atoms with Crippen molar-refractivity contribution in [1.82, 2.24) is 5.32 Å². The second-order valence-electron chi connectivity index (χ2n) is 13.7. The monoisotopic (exact) mass is 578 g/mol. The van der Waals surface area contributed by atoms with Crippen molar-refractivity contribution in [1.29, 1.82) is 0 Å². The molecule has 0 spiro atoms. The number of anilines is 1. The molecule has 1 amide bonds. The largest absolute Gasteiger partial charge is 0.494 e. The second-order valence-corrected chi connectivity index (χ2v) is 13.7. The van der Waals surface area contributed by atoms with E-state index in [1.165, 1.54) is 0 Å². The summed E-state index contributed by atoms with van der Waals surface area (Å²) in [6, 6.07) is 18.2. The van der Waals surface area contributed by atoms with Crippen molar-refractivity contribution in [2.45, 2.75) is 109 Å². The zero-order chi connectivity index (χ0) is 30.8. The number of nitrogens with one attached hydrogen (secondary N) is 1. The van der Waals surface area contributed by atoms with Crippen LogP contribution in [0.25, 0.3) is 0 Å². The summed E-state index contributed by atoms with van der Waals surface area (Å²) in [6.45, 7) is 14.5. The van der Waals surface area contributed by atoms with Crippen LogP contribution in [0.3, 0.4) is 0 Å². The number of carboxylic acid groups (broad SMARTS) is 1. The minimum atomic E-state index is -1.43. The van der Waals surface area contributed by atoms with Crippen LogP contribution in [0.4, 0.5) is 10.5 Å². The lowest BCUT2D eigenvalue weighted by Gasteiger charge is -2.38. The molecule has 2 fully saturated rings. The van der Waals surface area contributed by atoms with Crippen LogP contribution in [0.2, 0.25) is 0 Å². The maximum absolute atomic E-state index is 13.0. The average molecular weight is 579 g/mol. The Hall–Kier alpha value is -3.04. The quantitative estimate of drug-likeness (QED) is 0.338. The molecule has 1 atom stereocenters. The van der Waals surface area contributed by atoms with Gasteiger partial charge in [-0.3, -0.25) is 0 Å². The van der Waals surface area contributed by atoms with Gasteiger partial charge in [0.25, 0.3) is 0 Å². The van der Waals surface area contributed by atoms with Gasteiger partial charge >= 0.3 is 19.2 Å². The van der Waals surface area contributed by atoms with Crippen molar-refractivity contribution in [3.8, 4) is 0 Å². The summed E-state index contributed by atoms with van der Waals surface area (Å²) in [5.74, 6) is -1.19. The minimum Gasteiger partial charge on any atom is -0.479 e. The predicted octanol–water partition coefficient (Wildman–Crippen LogP) is 5.92. The van der Waals surface area contributed by atoms with Gasteiger partial charge in [0, 0.05) is 18.8 Å². The minimum absolute atomic E-state index is 0.174. The number of ether oxygens (including phenoxy) is 1. The van der Waals surface area contributed by atoms with E-state index in [-0.39, 0.29) is 12.3 Å². The molecule has 4 rings (SSSR count). The van der Waals surface area contributed by atoms with Crippen molar-refractivity contribution < 1.29 is 28.7 Å². The van der Waals surface area contributed by atoms with Gasteiger partial charge in [-0.15, -0.1) is 0 Å². The molecule has 0 bridgehead atoms. The summed E-state index contributed by atoms with van der Waals surface area (Å²) in [7, 11) is -0.466. The molecule has 0 unspecified atom stereocenters. The van der Waals surface area contributed by atoms with Crippen LogP contribution in [-0.2, 0) is 25.4 Å². The number of amides is 1. The first-order chi connectivity index (χ1) is 19.6. The Balaban J connectivity index is 1.61. The van der Waals surface area contributed by atoms with E-state index in [1.807, 2.05) is 70.2 Å². The van der Waals surface area contributed by atoms with Gasteiger partial charge in [-0.2, -0.15) is 0 Å². The van der Waals surface area contributed by atoms with Crippen LogP contribution in [0.15, 0.2) is 54.6 Å².